The molecule has 0 rings (SSSR count). The number of rotatable bonds is 7. The highest BCUT2D eigenvalue weighted by Gasteiger charge is 2.22. The van der Waals surface area contributed by atoms with Crippen molar-refractivity contribution in [3.05, 3.63) is 0 Å². The van der Waals surface area contributed by atoms with Gasteiger partial charge in [0.2, 0.25) is 5.91 Å². The maximum absolute atomic E-state index is 11.4. The SMILES string of the molecule is CC(=O)N(C)C(CC(C)OC(C)C)OC(C)C. The lowest BCUT2D eigenvalue weighted by Gasteiger charge is -2.31. The summed E-state index contributed by atoms with van der Waals surface area (Å²) in [6.07, 6.45) is 0.814. The molecule has 0 spiro atoms. The van der Waals surface area contributed by atoms with E-state index in [0.29, 0.717) is 6.42 Å². The third-order valence-corrected chi connectivity index (χ3v) is 2.40. The fourth-order valence-electron chi connectivity index (χ4n) is 1.63. The Morgan fingerprint density at radius 2 is 1.53 bits per heavy atom. The summed E-state index contributed by atoms with van der Waals surface area (Å²) in [6.45, 7) is 11.5. The fourth-order valence-corrected chi connectivity index (χ4v) is 1.63. The largest absolute Gasteiger partial charge is 0.376 e. The maximum Gasteiger partial charge on any atom is 0.221 e. The summed E-state index contributed by atoms with van der Waals surface area (Å²) < 4.78 is 11.4. The van der Waals surface area contributed by atoms with Crippen LogP contribution in [0.2, 0.25) is 0 Å². The van der Waals surface area contributed by atoms with Gasteiger partial charge in [-0.3, -0.25) is 4.79 Å². The minimum atomic E-state index is -0.221. The van der Waals surface area contributed by atoms with Crippen molar-refractivity contribution in [1.29, 1.82) is 0 Å². The molecule has 0 aliphatic carbocycles. The van der Waals surface area contributed by atoms with E-state index in [-0.39, 0.29) is 30.4 Å². The van der Waals surface area contributed by atoms with Crippen LogP contribution in [0.5, 0.6) is 0 Å². The van der Waals surface area contributed by atoms with Crippen molar-refractivity contribution in [2.24, 2.45) is 0 Å². The molecule has 17 heavy (non-hydrogen) atoms. The van der Waals surface area contributed by atoms with Crippen molar-refractivity contribution in [1.82, 2.24) is 4.90 Å². The van der Waals surface area contributed by atoms with Crippen molar-refractivity contribution in [2.75, 3.05) is 7.05 Å². The van der Waals surface area contributed by atoms with Crippen molar-refractivity contribution >= 4 is 5.91 Å². The van der Waals surface area contributed by atoms with Crippen LogP contribution < -0.4 is 0 Å². The summed E-state index contributed by atoms with van der Waals surface area (Å²) in [5.74, 6) is 0.00685. The van der Waals surface area contributed by atoms with E-state index in [1.807, 2.05) is 34.6 Å². The molecule has 2 unspecified atom stereocenters. The Balaban J connectivity index is 4.42. The van der Waals surface area contributed by atoms with Gasteiger partial charge in [-0.1, -0.05) is 0 Å². The first-order chi connectivity index (χ1) is 7.73. The predicted octanol–water partition coefficient (Wildman–Crippen LogP) is 2.42. The number of amides is 1. The standard InChI is InChI=1S/C13H27NO3/c1-9(2)16-11(5)8-13(17-10(3)4)14(7)12(6)15/h9-11,13H,8H2,1-7H3. The molecule has 0 aliphatic heterocycles. The van der Waals surface area contributed by atoms with E-state index in [0.717, 1.165) is 0 Å². The molecular weight excluding hydrogens is 218 g/mol. The highest BCUT2D eigenvalue weighted by molar-refractivity contribution is 5.73. The van der Waals surface area contributed by atoms with Crippen LogP contribution in [0.4, 0.5) is 0 Å². The lowest BCUT2D eigenvalue weighted by molar-refractivity contribution is -0.150. The van der Waals surface area contributed by atoms with Gasteiger partial charge in [-0.2, -0.15) is 0 Å². The molecule has 0 aliphatic rings. The molecule has 0 aromatic carbocycles. The maximum atomic E-state index is 11.4. The Morgan fingerprint density at radius 3 is 1.88 bits per heavy atom. The third-order valence-electron chi connectivity index (χ3n) is 2.40. The van der Waals surface area contributed by atoms with E-state index in [1.165, 1.54) is 0 Å². The lowest BCUT2D eigenvalue weighted by atomic mass is 10.2. The van der Waals surface area contributed by atoms with Crippen LogP contribution in [0.25, 0.3) is 0 Å². The van der Waals surface area contributed by atoms with E-state index in [4.69, 9.17) is 9.47 Å². The monoisotopic (exact) mass is 245 g/mol. The van der Waals surface area contributed by atoms with Gasteiger partial charge in [0.05, 0.1) is 18.3 Å². The second-order valence-electron chi connectivity index (χ2n) is 5.00. The molecule has 0 bridgehead atoms. The van der Waals surface area contributed by atoms with Gasteiger partial charge in [0.1, 0.15) is 6.23 Å². The number of nitrogens with zero attached hydrogens (tertiary/aromatic N) is 1. The van der Waals surface area contributed by atoms with Gasteiger partial charge >= 0.3 is 0 Å². The second kappa shape index (κ2) is 7.67. The molecule has 0 N–H and O–H groups in total. The van der Waals surface area contributed by atoms with Gasteiger partial charge in [0.25, 0.3) is 0 Å². The Morgan fingerprint density at radius 1 is 1.06 bits per heavy atom. The van der Waals surface area contributed by atoms with Crippen molar-refractivity contribution in [2.45, 2.75) is 72.5 Å². The van der Waals surface area contributed by atoms with Crippen LogP contribution >= 0.6 is 0 Å². The second-order valence-corrected chi connectivity index (χ2v) is 5.00. The molecule has 4 heteroatoms. The first-order valence-corrected chi connectivity index (χ1v) is 6.28. The Labute approximate surface area is 105 Å². The van der Waals surface area contributed by atoms with Crippen molar-refractivity contribution in [3.63, 3.8) is 0 Å². The minimum Gasteiger partial charge on any atom is -0.376 e. The lowest BCUT2D eigenvalue weighted by Crippen LogP contribution is -2.41. The molecule has 102 valence electrons. The summed E-state index contributed by atoms with van der Waals surface area (Å²) in [5, 5.41) is 0. The molecule has 0 aromatic rings. The molecule has 0 radical (unpaired) electrons. The fraction of sp³-hybridized carbons (Fsp3) is 0.923. The number of hydrogen-bond donors (Lipinski definition) is 0. The molecule has 4 nitrogen and oxygen atoms in total. The van der Waals surface area contributed by atoms with Crippen LogP contribution in [-0.4, -0.2) is 42.4 Å². The summed E-state index contributed by atoms with van der Waals surface area (Å²) in [5.41, 5.74) is 0. The van der Waals surface area contributed by atoms with Gasteiger partial charge in [0, 0.05) is 20.4 Å². The first kappa shape index (κ1) is 16.4. The minimum absolute atomic E-state index is 0.00685. The van der Waals surface area contributed by atoms with Crippen LogP contribution in [0.15, 0.2) is 0 Å². The molecule has 2 atom stereocenters. The average Bonchev–Trinajstić information content (AvgIpc) is 2.13. The van der Waals surface area contributed by atoms with E-state index in [2.05, 4.69) is 0 Å². The summed E-state index contributed by atoms with van der Waals surface area (Å²) in [4.78, 5) is 13.0. The predicted molar refractivity (Wildman–Crippen MR) is 68.8 cm³/mol. The highest BCUT2D eigenvalue weighted by Crippen LogP contribution is 2.13. The molecule has 0 heterocycles. The molecule has 0 fully saturated rings. The van der Waals surface area contributed by atoms with Crippen LogP contribution in [0, 0.1) is 0 Å². The average molecular weight is 245 g/mol. The Kier molecular flexibility index (Phi) is 7.39. The van der Waals surface area contributed by atoms with E-state index in [9.17, 15) is 4.79 Å². The smallest absolute Gasteiger partial charge is 0.221 e. The first-order valence-electron chi connectivity index (χ1n) is 6.28. The number of carbonyl (C=O) groups is 1. The van der Waals surface area contributed by atoms with Gasteiger partial charge < -0.3 is 14.4 Å². The number of hydrogen-bond acceptors (Lipinski definition) is 3. The topological polar surface area (TPSA) is 38.8 Å². The molecule has 1 amide bonds. The molecule has 0 aromatic heterocycles. The van der Waals surface area contributed by atoms with Crippen LogP contribution in [0.1, 0.15) is 48.0 Å². The highest BCUT2D eigenvalue weighted by atomic mass is 16.5. The number of carbonyl (C=O) groups excluding carboxylic acids is 1. The quantitative estimate of drug-likeness (QED) is 0.647. The van der Waals surface area contributed by atoms with Crippen LogP contribution in [-0.2, 0) is 14.3 Å². The van der Waals surface area contributed by atoms with Gasteiger partial charge in [0.15, 0.2) is 0 Å². The zero-order valence-corrected chi connectivity index (χ0v) is 12.2. The van der Waals surface area contributed by atoms with Gasteiger partial charge in [-0.15, -0.1) is 0 Å². The van der Waals surface area contributed by atoms with Gasteiger partial charge in [-0.05, 0) is 34.6 Å². The van der Waals surface area contributed by atoms with E-state index in [1.54, 1.807) is 18.9 Å². The Hall–Kier alpha value is -0.610. The van der Waals surface area contributed by atoms with Gasteiger partial charge in [-0.25, -0.2) is 0 Å². The zero-order valence-electron chi connectivity index (χ0n) is 12.2. The van der Waals surface area contributed by atoms with Crippen molar-refractivity contribution in [3.8, 4) is 0 Å². The van der Waals surface area contributed by atoms with Crippen molar-refractivity contribution < 1.29 is 14.3 Å². The van der Waals surface area contributed by atoms with Crippen LogP contribution in [0.3, 0.4) is 0 Å². The third kappa shape index (κ3) is 7.34. The summed E-state index contributed by atoms with van der Waals surface area (Å²) in [6, 6.07) is 0. The number of ether oxygens (including phenoxy) is 2. The summed E-state index contributed by atoms with van der Waals surface area (Å²) >= 11 is 0. The summed E-state index contributed by atoms with van der Waals surface area (Å²) in [7, 11) is 1.76. The van der Waals surface area contributed by atoms with E-state index < -0.39 is 0 Å². The molecule has 0 saturated heterocycles. The zero-order chi connectivity index (χ0) is 13.6. The molecule has 0 saturated carbocycles. The van der Waals surface area contributed by atoms with E-state index >= 15 is 0 Å². The molecular formula is C13H27NO3. The normalized spacial score (nSPS) is 15.1. The Bertz CT molecular complexity index is 229.